The van der Waals surface area contributed by atoms with Crippen molar-refractivity contribution in [1.29, 1.82) is 0 Å². The third-order valence-corrected chi connectivity index (χ3v) is 2.08. The minimum absolute atomic E-state index is 0.0621. The zero-order valence-electron chi connectivity index (χ0n) is 9.86. The van der Waals surface area contributed by atoms with Crippen LogP contribution in [0.2, 0.25) is 0 Å². The first-order chi connectivity index (χ1) is 7.07. The molecule has 0 saturated heterocycles. The average molecular weight is 210 g/mol. The summed E-state index contributed by atoms with van der Waals surface area (Å²) in [6.45, 7) is 13.7. The van der Waals surface area contributed by atoms with Gasteiger partial charge in [-0.25, -0.2) is 0 Å². The van der Waals surface area contributed by atoms with Crippen molar-refractivity contribution < 1.29 is 4.79 Å². The Balaban J connectivity index is 3.29. The maximum absolute atomic E-state index is 11.1. The SMILES string of the molecule is C=C(CC)CNCCCNC(=O)C(=C)C. The molecule has 0 bridgehead atoms. The fourth-order valence-corrected chi connectivity index (χ4v) is 0.956. The van der Waals surface area contributed by atoms with Crippen molar-refractivity contribution in [1.82, 2.24) is 10.6 Å². The lowest BCUT2D eigenvalue weighted by Gasteiger charge is -2.06. The highest BCUT2D eigenvalue weighted by Gasteiger charge is 1.98. The van der Waals surface area contributed by atoms with Gasteiger partial charge in [0.2, 0.25) is 5.91 Å². The van der Waals surface area contributed by atoms with Crippen LogP contribution in [0.3, 0.4) is 0 Å². The Labute approximate surface area is 92.6 Å². The van der Waals surface area contributed by atoms with Crippen LogP contribution in [0.1, 0.15) is 26.7 Å². The van der Waals surface area contributed by atoms with Crippen molar-refractivity contribution in [2.75, 3.05) is 19.6 Å². The summed E-state index contributed by atoms with van der Waals surface area (Å²) in [5.41, 5.74) is 1.77. The minimum Gasteiger partial charge on any atom is -0.352 e. The molecule has 0 aliphatic rings. The second kappa shape index (κ2) is 8.24. The molecule has 0 aromatic heterocycles. The number of hydrogen-bond donors (Lipinski definition) is 2. The van der Waals surface area contributed by atoms with Gasteiger partial charge in [-0.05, 0) is 26.3 Å². The van der Waals surface area contributed by atoms with E-state index in [0.717, 1.165) is 25.9 Å². The molecule has 0 aliphatic carbocycles. The Morgan fingerprint density at radius 3 is 2.47 bits per heavy atom. The van der Waals surface area contributed by atoms with E-state index in [1.165, 1.54) is 5.57 Å². The van der Waals surface area contributed by atoms with Gasteiger partial charge in [0.15, 0.2) is 0 Å². The van der Waals surface area contributed by atoms with E-state index < -0.39 is 0 Å². The summed E-state index contributed by atoms with van der Waals surface area (Å²) in [4.78, 5) is 11.1. The molecule has 2 N–H and O–H groups in total. The van der Waals surface area contributed by atoms with Crippen molar-refractivity contribution in [2.45, 2.75) is 26.7 Å². The highest BCUT2D eigenvalue weighted by Crippen LogP contribution is 1.92. The predicted octanol–water partition coefficient (Wildman–Crippen LogP) is 1.62. The lowest BCUT2D eigenvalue weighted by atomic mass is 10.2. The molecule has 15 heavy (non-hydrogen) atoms. The van der Waals surface area contributed by atoms with E-state index in [-0.39, 0.29) is 5.91 Å². The van der Waals surface area contributed by atoms with Crippen molar-refractivity contribution in [3.05, 3.63) is 24.3 Å². The van der Waals surface area contributed by atoms with Gasteiger partial charge in [0, 0.05) is 18.7 Å². The number of nitrogens with one attached hydrogen (secondary N) is 2. The Bertz CT molecular complexity index is 234. The van der Waals surface area contributed by atoms with Gasteiger partial charge in [-0.2, -0.15) is 0 Å². The van der Waals surface area contributed by atoms with E-state index in [9.17, 15) is 4.79 Å². The number of hydrogen-bond acceptors (Lipinski definition) is 2. The molecule has 0 fully saturated rings. The van der Waals surface area contributed by atoms with Crippen LogP contribution in [0.15, 0.2) is 24.3 Å². The van der Waals surface area contributed by atoms with Gasteiger partial charge in [0.1, 0.15) is 0 Å². The summed E-state index contributed by atoms with van der Waals surface area (Å²) in [5.74, 6) is -0.0621. The van der Waals surface area contributed by atoms with E-state index in [0.29, 0.717) is 12.1 Å². The Hall–Kier alpha value is -1.09. The fourth-order valence-electron chi connectivity index (χ4n) is 0.956. The molecule has 1 amide bonds. The average Bonchev–Trinajstić information content (AvgIpc) is 2.22. The smallest absolute Gasteiger partial charge is 0.246 e. The van der Waals surface area contributed by atoms with Gasteiger partial charge in [0.25, 0.3) is 0 Å². The Kier molecular flexibility index (Phi) is 7.64. The summed E-state index contributed by atoms with van der Waals surface area (Å²) in [6.07, 6.45) is 1.94. The molecular weight excluding hydrogens is 188 g/mol. The molecule has 0 aromatic carbocycles. The maximum Gasteiger partial charge on any atom is 0.246 e. The molecule has 0 spiro atoms. The van der Waals surface area contributed by atoms with E-state index in [4.69, 9.17) is 0 Å². The summed E-state index contributed by atoms with van der Waals surface area (Å²) in [7, 11) is 0. The highest BCUT2D eigenvalue weighted by molar-refractivity contribution is 5.91. The lowest BCUT2D eigenvalue weighted by molar-refractivity contribution is -0.117. The standard InChI is InChI=1S/C12H22N2O/c1-5-11(4)9-13-7-6-8-14-12(15)10(2)3/h13H,2,4-9H2,1,3H3,(H,14,15). The van der Waals surface area contributed by atoms with E-state index in [2.05, 4.69) is 30.7 Å². The van der Waals surface area contributed by atoms with Crippen LogP contribution in [0.4, 0.5) is 0 Å². The molecular formula is C12H22N2O. The van der Waals surface area contributed by atoms with Crippen molar-refractivity contribution >= 4 is 5.91 Å². The molecule has 0 saturated carbocycles. The molecule has 0 heterocycles. The fraction of sp³-hybridized carbons (Fsp3) is 0.583. The second-order valence-corrected chi connectivity index (χ2v) is 3.67. The quantitative estimate of drug-likeness (QED) is 0.363. The van der Waals surface area contributed by atoms with Crippen molar-refractivity contribution in [3.8, 4) is 0 Å². The van der Waals surface area contributed by atoms with Gasteiger partial charge < -0.3 is 10.6 Å². The van der Waals surface area contributed by atoms with Crippen LogP contribution >= 0.6 is 0 Å². The van der Waals surface area contributed by atoms with Crippen molar-refractivity contribution in [2.24, 2.45) is 0 Å². The third-order valence-electron chi connectivity index (χ3n) is 2.08. The summed E-state index contributed by atoms with van der Waals surface area (Å²) >= 11 is 0. The lowest BCUT2D eigenvalue weighted by Crippen LogP contribution is -2.28. The monoisotopic (exact) mass is 210 g/mol. The Morgan fingerprint density at radius 2 is 1.93 bits per heavy atom. The molecule has 0 radical (unpaired) electrons. The van der Waals surface area contributed by atoms with Crippen LogP contribution in [-0.4, -0.2) is 25.5 Å². The van der Waals surface area contributed by atoms with Gasteiger partial charge in [-0.3, -0.25) is 4.79 Å². The Morgan fingerprint density at radius 1 is 1.27 bits per heavy atom. The van der Waals surface area contributed by atoms with E-state index in [1.54, 1.807) is 6.92 Å². The molecule has 86 valence electrons. The summed E-state index contributed by atoms with van der Waals surface area (Å²) < 4.78 is 0. The number of carbonyl (C=O) groups is 1. The topological polar surface area (TPSA) is 41.1 Å². The first kappa shape index (κ1) is 13.9. The zero-order valence-corrected chi connectivity index (χ0v) is 9.86. The minimum atomic E-state index is -0.0621. The molecule has 3 heteroatoms. The summed E-state index contributed by atoms with van der Waals surface area (Å²) in [6, 6.07) is 0. The number of amides is 1. The first-order valence-corrected chi connectivity index (χ1v) is 5.39. The molecule has 3 nitrogen and oxygen atoms in total. The first-order valence-electron chi connectivity index (χ1n) is 5.39. The van der Waals surface area contributed by atoms with E-state index >= 15 is 0 Å². The summed E-state index contributed by atoms with van der Waals surface area (Å²) in [5, 5.41) is 6.05. The normalized spacial score (nSPS) is 9.73. The van der Waals surface area contributed by atoms with Crippen LogP contribution in [0, 0.1) is 0 Å². The van der Waals surface area contributed by atoms with Crippen LogP contribution in [0.25, 0.3) is 0 Å². The number of carbonyl (C=O) groups excluding carboxylic acids is 1. The van der Waals surface area contributed by atoms with E-state index in [1.807, 2.05) is 0 Å². The van der Waals surface area contributed by atoms with Crippen LogP contribution < -0.4 is 10.6 Å². The molecule has 0 unspecified atom stereocenters. The molecule has 0 rings (SSSR count). The maximum atomic E-state index is 11.1. The van der Waals surface area contributed by atoms with Gasteiger partial charge in [-0.15, -0.1) is 0 Å². The molecule has 0 atom stereocenters. The molecule has 0 aliphatic heterocycles. The van der Waals surface area contributed by atoms with Gasteiger partial charge >= 0.3 is 0 Å². The van der Waals surface area contributed by atoms with Crippen LogP contribution in [0.5, 0.6) is 0 Å². The predicted molar refractivity (Wildman–Crippen MR) is 64.7 cm³/mol. The second-order valence-electron chi connectivity index (χ2n) is 3.67. The number of rotatable bonds is 8. The largest absolute Gasteiger partial charge is 0.352 e. The molecule has 0 aromatic rings. The van der Waals surface area contributed by atoms with Crippen LogP contribution in [-0.2, 0) is 4.79 Å². The third kappa shape index (κ3) is 7.94. The van der Waals surface area contributed by atoms with Gasteiger partial charge in [-0.1, -0.05) is 25.7 Å². The van der Waals surface area contributed by atoms with Crippen molar-refractivity contribution in [3.63, 3.8) is 0 Å². The zero-order chi connectivity index (χ0) is 11.7. The van der Waals surface area contributed by atoms with Gasteiger partial charge in [0.05, 0.1) is 0 Å². The highest BCUT2D eigenvalue weighted by atomic mass is 16.1.